The Kier molecular flexibility index (Phi) is 7.00. The van der Waals surface area contributed by atoms with Crippen molar-refractivity contribution in [3.8, 4) is 0 Å². The largest absolute Gasteiger partial charge is 0.468 e. The maximum Gasteiger partial charge on any atom is 0.329 e. The number of likely N-dealkylation sites (tertiary alicyclic amines) is 1. The van der Waals surface area contributed by atoms with Gasteiger partial charge in [-0.05, 0) is 28.0 Å². The van der Waals surface area contributed by atoms with Crippen molar-refractivity contribution >= 4 is 17.8 Å². The normalized spacial score (nSPS) is 15.6. The maximum atomic E-state index is 13.1. The van der Waals surface area contributed by atoms with Crippen LogP contribution < -0.4 is 0 Å². The molecule has 0 N–H and O–H groups in total. The molecule has 0 spiro atoms. The lowest BCUT2D eigenvalue weighted by Gasteiger charge is -2.47. The minimum Gasteiger partial charge on any atom is -0.468 e. The number of rotatable bonds is 7. The highest BCUT2D eigenvalue weighted by molar-refractivity contribution is 6.00. The minimum absolute atomic E-state index is 0.0450. The monoisotopic (exact) mass is 493 g/mol. The van der Waals surface area contributed by atoms with E-state index in [9.17, 15) is 9.59 Å². The highest BCUT2D eigenvalue weighted by atomic mass is 16.5. The van der Waals surface area contributed by atoms with Gasteiger partial charge < -0.3 is 4.74 Å². The zero-order chi connectivity index (χ0) is 25.7. The number of esters is 1. The summed E-state index contributed by atoms with van der Waals surface area (Å²) in [5.41, 5.74) is 3.31. The highest BCUT2D eigenvalue weighted by Crippen LogP contribution is 2.43. The van der Waals surface area contributed by atoms with Crippen LogP contribution in [0.3, 0.4) is 0 Å². The van der Waals surface area contributed by atoms with Gasteiger partial charge in [0.25, 0.3) is 0 Å². The second kappa shape index (κ2) is 10.7. The topological polar surface area (TPSA) is 90.2 Å². The molecule has 0 atom stereocenters. The number of Topliss-reactive ketones (excluding diaryl/α,β-unsaturated/α-hetero) is 1. The summed E-state index contributed by atoms with van der Waals surface area (Å²) < 4.78 is 4.66. The first-order valence-corrected chi connectivity index (χ1v) is 12.1. The van der Waals surface area contributed by atoms with Crippen LogP contribution in [0.1, 0.15) is 28.9 Å². The average molecular weight is 494 g/mol. The number of hydrogen-bond donors (Lipinski definition) is 0. The van der Waals surface area contributed by atoms with Crippen LogP contribution in [-0.2, 0) is 26.4 Å². The fourth-order valence-corrected chi connectivity index (χ4v) is 4.98. The Bertz CT molecular complexity index is 1300. The van der Waals surface area contributed by atoms with E-state index in [0.717, 1.165) is 21.5 Å². The van der Waals surface area contributed by atoms with Crippen LogP contribution in [0, 0.1) is 0 Å². The molecule has 0 saturated carbocycles. The Morgan fingerprint density at radius 1 is 0.919 bits per heavy atom. The SMILES string of the molecule is COC(=O)Cn1nnc(/C=C2/CN(C(c3ccccc3)(c3ccccc3)c3ccccc3)CCC2=O)n1. The van der Waals surface area contributed by atoms with Gasteiger partial charge in [-0.25, -0.2) is 4.79 Å². The number of ketones is 1. The van der Waals surface area contributed by atoms with Crippen molar-refractivity contribution < 1.29 is 14.3 Å². The lowest BCUT2D eigenvalue weighted by atomic mass is 9.74. The third-order valence-corrected chi connectivity index (χ3v) is 6.65. The molecule has 1 aromatic heterocycles. The number of benzene rings is 3. The number of hydrogen-bond acceptors (Lipinski definition) is 7. The van der Waals surface area contributed by atoms with Crippen LogP contribution in [0.5, 0.6) is 0 Å². The molecule has 4 aromatic rings. The van der Waals surface area contributed by atoms with E-state index in [0.29, 0.717) is 25.1 Å². The minimum atomic E-state index is -0.626. The van der Waals surface area contributed by atoms with Gasteiger partial charge in [-0.3, -0.25) is 9.69 Å². The van der Waals surface area contributed by atoms with Gasteiger partial charge in [0.1, 0.15) is 0 Å². The molecule has 186 valence electrons. The van der Waals surface area contributed by atoms with Crippen molar-refractivity contribution in [3.05, 3.63) is 119 Å². The quantitative estimate of drug-likeness (QED) is 0.221. The summed E-state index contributed by atoms with van der Waals surface area (Å²) in [6, 6.07) is 31.2. The first-order valence-electron chi connectivity index (χ1n) is 12.1. The Morgan fingerprint density at radius 3 is 1.97 bits per heavy atom. The summed E-state index contributed by atoms with van der Waals surface area (Å²) in [4.78, 5) is 28.1. The lowest BCUT2D eigenvalue weighted by Crippen LogP contribution is -2.52. The molecule has 3 aromatic carbocycles. The molecule has 0 aliphatic carbocycles. The molecule has 1 saturated heterocycles. The zero-order valence-corrected chi connectivity index (χ0v) is 20.5. The van der Waals surface area contributed by atoms with E-state index in [1.807, 2.05) is 54.6 Å². The Hall–Kier alpha value is -4.43. The van der Waals surface area contributed by atoms with E-state index in [-0.39, 0.29) is 18.2 Å². The summed E-state index contributed by atoms with van der Waals surface area (Å²) >= 11 is 0. The van der Waals surface area contributed by atoms with Crippen molar-refractivity contribution in [3.63, 3.8) is 0 Å². The third-order valence-electron chi connectivity index (χ3n) is 6.65. The first-order chi connectivity index (χ1) is 18.1. The molecule has 0 radical (unpaired) electrons. The predicted molar refractivity (Wildman–Crippen MR) is 138 cm³/mol. The lowest BCUT2D eigenvalue weighted by molar-refractivity contribution is -0.141. The number of nitrogens with zero attached hydrogens (tertiary/aromatic N) is 5. The van der Waals surface area contributed by atoms with Gasteiger partial charge in [-0.1, -0.05) is 91.0 Å². The molecule has 5 rings (SSSR count). The Morgan fingerprint density at radius 2 is 1.46 bits per heavy atom. The van der Waals surface area contributed by atoms with Gasteiger partial charge in [-0.15, -0.1) is 10.2 Å². The fraction of sp³-hybridized carbons (Fsp3) is 0.207. The number of aromatic nitrogens is 4. The molecular weight excluding hydrogens is 466 g/mol. The fourth-order valence-electron chi connectivity index (χ4n) is 4.98. The van der Waals surface area contributed by atoms with E-state index < -0.39 is 11.5 Å². The number of ether oxygens (including phenoxy) is 1. The van der Waals surface area contributed by atoms with Crippen molar-refractivity contribution in [2.75, 3.05) is 20.2 Å². The van der Waals surface area contributed by atoms with Gasteiger partial charge in [0.15, 0.2) is 18.2 Å². The molecule has 0 amide bonds. The molecule has 1 aliphatic rings. The van der Waals surface area contributed by atoms with Gasteiger partial charge in [-0.2, -0.15) is 4.80 Å². The number of carbonyl (C=O) groups is 2. The van der Waals surface area contributed by atoms with Gasteiger partial charge >= 0.3 is 5.97 Å². The van der Waals surface area contributed by atoms with Crippen molar-refractivity contribution in [1.82, 2.24) is 25.1 Å². The van der Waals surface area contributed by atoms with E-state index in [2.05, 4.69) is 61.4 Å². The molecule has 0 unspecified atom stereocenters. The van der Waals surface area contributed by atoms with E-state index >= 15 is 0 Å². The summed E-state index contributed by atoms with van der Waals surface area (Å²) in [7, 11) is 1.30. The zero-order valence-electron chi connectivity index (χ0n) is 20.5. The summed E-state index contributed by atoms with van der Waals surface area (Å²) in [6.07, 6.45) is 2.03. The molecule has 1 fully saturated rings. The van der Waals surface area contributed by atoms with E-state index in [1.54, 1.807) is 6.08 Å². The van der Waals surface area contributed by atoms with E-state index in [1.165, 1.54) is 7.11 Å². The van der Waals surface area contributed by atoms with Crippen molar-refractivity contribution in [2.24, 2.45) is 0 Å². The van der Waals surface area contributed by atoms with Crippen molar-refractivity contribution in [2.45, 2.75) is 18.5 Å². The standard InChI is InChI=1S/C29H27N5O3/c1-37-28(36)21-34-31-27(30-32-34)19-22-20-33(18-17-26(22)35)29(23-11-5-2-6-12-23,24-13-7-3-8-14-24)25-15-9-4-10-16-25/h2-16,19H,17-18,20-21H2,1H3/b22-19-. The summed E-state index contributed by atoms with van der Waals surface area (Å²) in [6.45, 7) is 0.826. The van der Waals surface area contributed by atoms with Crippen LogP contribution in [0.25, 0.3) is 6.08 Å². The van der Waals surface area contributed by atoms with Crippen LogP contribution in [-0.4, -0.2) is 57.1 Å². The maximum absolute atomic E-state index is 13.1. The van der Waals surface area contributed by atoms with Crippen molar-refractivity contribution in [1.29, 1.82) is 0 Å². The number of piperidine rings is 1. The van der Waals surface area contributed by atoms with Gasteiger partial charge in [0, 0.05) is 25.1 Å². The second-order valence-electron chi connectivity index (χ2n) is 8.83. The summed E-state index contributed by atoms with van der Waals surface area (Å²) in [5.74, 6) is -0.155. The molecule has 0 bridgehead atoms. The van der Waals surface area contributed by atoms with Crippen LogP contribution in [0.15, 0.2) is 96.6 Å². The van der Waals surface area contributed by atoms with Crippen LogP contribution in [0.4, 0.5) is 0 Å². The van der Waals surface area contributed by atoms with Gasteiger partial charge in [0.05, 0.1) is 12.6 Å². The molecular formula is C29H27N5O3. The molecule has 8 nitrogen and oxygen atoms in total. The highest BCUT2D eigenvalue weighted by Gasteiger charge is 2.44. The molecule has 1 aliphatic heterocycles. The van der Waals surface area contributed by atoms with Gasteiger partial charge in [0.2, 0.25) is 0 Å². The smallest absolute Gasteiger partial charge is 0.329 e. The Labute approximate surface area is 215 Å². The number of carbonyl (C=O) groups excluding carboxylic acids is 2. The average Bonchev–Trinajstić information content (AvgIpc) is 3.39. The molecule has 8 heteroatoms. The summed E-state index contributed by atoms with van der Waals surface area (Å²) in [5, 5.41) is 12.2. The predicted octanol–water partition coefficient (Wildman–Crippen LogP) is 3.50. The number of tetrazole rings is 1. The Balaban J connectivity index is 1.60. The molecule has 2 heterocycles. The third kappa shape index (κ3) is 4.83. The van der Waals surface area contributed by atoms with Crippen LogP contribution >= 0.6 is 0 Å². The first kappa shape index (κ1) is 24.3. The van der Waals surface area contributed by atoms with Crippen LogP contribution in [0.2, 0.25) is 0 Å². The number of methoxy groups -OCH3 is 1. The van der Waals surface area contributed by atoms with E-state index in [4.69, 9.17) is 0 Å². The second-order valence-corrected chi connectivity index (χ2v) is 8.83. The molecule has 37 heavy (non-hydrogen) atoms.